The van der Waals surface area contributed by atoms with Crippen LogP contribution in [0.3, 0.4) is 0 Å². The lowest BCUT2D eigenvalue weighted by atomic mass is 9.89. The van der Waals surface area contributed by atoms with Crippen molar-refractivity contribution in [3.05, 3.63) is 35.9 Å². The molecule has 0 saturated heterocycles. The molecular weight excluding hydrogens is 254 g/mol. The molecule has 0 aromatic heterocycles. The summed E-state index contributed by atoms with van der Waals surface area (Å²) in [6.45, 7) is 1.44. The van der Waals surface area contributed by atoms with Crippen LogP contribution in [0.25, 0.3) is 0 Å². The average molecular weight is 277 g/mol. The Hall–Kier alpha value is -1.59. The maximum Gasteiger partial charge on any atom is 0.147 e. The molecule has 1 fully saturated rings. The van der Waals surface area contributed by atoms with Crippen LogP contribution in [0.1, 0.15) is 30.7 Å². The van der Waals surface area contributed by atoms with Crippen molar-refractivity contribution in [1.82, 2.24) is 4.90 Å². The average Bonchev–Trinajstić information content (AvgIpc) is 2.43. The quantitative estimate of drug-likeness (QED) is 0.304. The minimum atomic E-state index is -0.145. The molecule has 1 saturated carbocycles. The zero-order chi connectivity index (χ0) is 14.4. The van der Waals surface area contributed by atoms with Gasteiger partial charge in [-0.1, -0.05) is 41.9 Å². The lowest BCUT2D eigenvalue weighted by molar-refractivity contribution is 0.0998. The number of amidine groups is 1. The highest BCUT2D eigenvalue weighted by Gasteiger charge is 2.28. The standard InChI is InChI=1S/C15H23N3O2/c16-15(17-20)14(12-5-2-1-3-6-12)11-18(9-10-19)13-7-4-8-13/h1-3,5-6,13-14,19-20H,4,7-11H2,(H2,16,17). The van der Waals surface area contributed by atoms with Crippen LogP contribution < -0.4 is 5.73 Å². The van der Waals surface area contributed by atoms with E-state index in [-0.39, 0.29) is 18.4 Å². The fraction of sp³-hybridized carbons (Fsp3) is 0.533. The number of benzene rings is 1. The summed E-state index contributed by atoms with van der Waals surface area (Å²) in [4.78, 5) is 2.25. The van der Waals surface area contributed by atoms with Gasteiger partial charge in [0.1, 0.15) is 5.84 Å². The van der Waals surface area contributed by atoms with Crippen LogP contribution in [-0.2, 0) is 0 Å². The third-order valence-corrected chi connectivity index (χ3v) is 4.07. The van der Waals surface area contributed by atoms with Crippen molar-refractivity contribution in [1.29, 1.82) is 0 Å². The second-order valence-electron chi connectivity index (χ2n) is 5.29. The fourth-order valence-corrected chi connectivity index (χ4v) is 2.66. The summed E-state index contributed by atoms with van der Waals surface area (Å²) in [6.07, 6.45) is 3.57. The van der Waals surface area contributed by atoms with Crippen LogP contribution in [0.5, 0.6) is 0 Å². The van der Waals surface area contributed by atoms with Gasteiger partial charge in [-0.15, -0.1) is 0 Å². The molecule has 1 aromatic rings. The molecule has 2 rings (SSSR count). The van der Waals surface area contributed by atoms with Crippen LogP contribution in [-0.4, -0.2) is 46.8 Å². The van der Waals surface area contributed by atoms with Crippen molar-refractivity contribution < 1.29 is 10.3 Å². The predicted octanol–water partition coefficient (Wildman–Crippen LogP) is 1.36. The number of aliphatic hydroxyl groups excluding tert-OH is 1. The summed E-state index contributed by atoms with van der Waals surface area (Å²) in [7, 11) is 0. The third kappa shape index (κ3) is 3.49. The zero-order valence-corrected chi connectivity index (χ0v) is 11.7. The van der Waals surface area contributed by atoms with E-state index in [1.165, 1.54) is 6.42 Å². The van der Waals surface area contributed by atoms with E-state index in [9.17, 15) is 5.11 Å². The van der Waals surface area contributed by atoms with Crippen molar-refractivity contribution in [3.63, 3.8) is 0 Å². The molecule has 0 radical (unpaired) electrons. The molecule has 110 valence electrons. The van der Waals surface area contributed by atoms with Crippen molar-refractivity contribution >= 4 is 5.84 Å². The smallest absolute Gasteiger partial charge is 0.147 e. The number of hydrogen-bond acceptors (Lipinski definition) is 4. The molecule has 1 aliphatic carbocycles. The van der Waals surface area contributed by atoms with Crippen LogP contribution in [0.15, 0.2) is 35.5 Å². The van der Waals surface area contributed by atoms with Gasteiger partial charge >= 0.3 is 0 Å². The molecule has 1 unspecified atom stereocenters. The second-order valence-corrected chi connectivity index (χ2v) is 5.29. The Morgan fingerprint density at radius 2 is 2.05 bits per heavy atom. The van der Waals surface area contributed by atoms with Gasteiger partial charge in [-0.2, -0.15) is 0 Å². The summed E-state index contributed by atoms with van der Waals surface area (Å²) < 4.78 is 0. The molecule has 5 heteroatoms. The SMILES string of the molecule is N/C(=N/O)C(CN(CCO)C1CCC1)c1ccccc1. The number of oxime groups is 1. The summed E-state index contributed by atoms with van der Waals surface area (Å²) in [5.41, 5.74) is 6.90. The fourth-order valence-electron chi connectivity index (χ4n) is 2.66. The predicted molar refractivity (Wildman–Crippen MR) is 78.9 cm³/mol. The normalized spacial score (nSPS) is 18.0. The summed E-state index contributed by atoms with van der Waals surface area (Å²) in [5.74, 6) is 0.0758. The summed E-state index contributed by atoms with van der Waals surface area (Å²) >= 11 is 0. The maximum atomic E-state index is 9.23. The zero-order valence-electron chi connectivity index (χ0n) is 11.7. The first-order chi connectivity index (χ1) is 9.76. The van der Waals surface area contributed by atoms with Gasteiger partial charge in [-0.25, -0.2) is 0 Å². The van der Waals surface area contributed by atoms with E-state index in [2.05, 4.69) is 10.1 Å². The number of aliphatic hydroxyl groups is 1. The van der Waals surface area contributed by atoms with Gasteiger partial charge in [0.25, 0.3) is 0 Å². The van der Waals surface area contributed by atoms with Gasteiger partial charge in [0.2, 0.25) is 0 Å². The van der Waals surface area contributed by atoms with Gasteiger partial charge in [0, 0.05) is 19.1 Å². The molecule has 1 aliphatic rings. The molecule has 4 N–H and O–H groups in total. The number of nitrogens with two attached hydrogens (primary N) is 1. The van der Waals surface area contributed by atoms with Gasteiger partial charge in [-0.3, -0.25) is 4.90 Å². The Balaban J connectivity index is 2.14. The molecule has 1 atom stereocenters. The Morgan fingerprint density at radius 3 is 2.55 bits per heavy atom. The monoisotopic (exact) mass is 277 g/mol. The third-order valence-electron chi connectivity index (χ3n) is 4.07. The topological polar surface area (TPSA) is 82.1 Å². The first-order valence-corrected chi connectivity index (χ1v) is 7.13. The molecule has 0 aliphatic heterocycles. The Kier molecular flexibility index (Phi) is 5.38. The van der Waals surface area contributed by atoms with Crippen molar-refractivity contribution in [3.8, 4) is 0 Å². The maximum absolute atomic E-state index is 9.23. The molecule has 20 heavy (non-hydrogen) atoms. The number of rotatable bonds is 7. The van der Waals surface area contributed by atoms with Crippen LogP contribution in [0.2, 0.25) is 0 Å². The lowest BCUT2D eigenvalue weighted by Gasteiger charge is -2.39. The summed E-state index contributed by atoms with van der Waals surface area (Å²) in [6, 6.07) is 10.3. The van der Waals surface area contributed by atoms with Crippen molar-refractivity contribution in [2.24, 2.45) is 10.9 Å². The lowest BCUT2D eigenvalue weighted by Crippen LogP contribution is -2.45. The molecule has 1 aromatic carbocycles. The van der Waals surface area contributed by atoms with Gasteiger partial charge in [0.15, 0.2) is 0 Å². The van der Waals surface area contributed by atoms with Gasteiger partial charge < -0.3 is 16.0 Å². The first kappa shape index (κ1) is 14.8. The Morgan fingerprint density at radius 1 is 1.35 bits per heavy atom. The van der Waals surface area contributed by atoms with E-state index in [0.29, 0.717) is 19.1 Å². The van der Waals surface area contributed by atoms with E-state index in [0.717, 1.165) is 18.4 Å². The second kappa shape index (κ2) is 7.26. The van der Waals surface area contributed by atoms with E-state index in [4.69, 9.17) is 10.9 Å². The Labute approximate surface area is 119 Å². The highest BCUT2D eigenvalue weighted by molar-refractivity contribution is 5.87. The largest absolute Gasteiger partial charge is 0.409 e. The Bertz CT molecular complexity index is 432. The van der Waals surface area contributed by atoms with Crippen LogP contribution in [0, 0.1) is 0 Å². The van der Waals surface area contributed by atoms with E-state index >= 15 is 0 Å². The van der Waals surface area contributed by atoms with Gasteiger partial charge in [0.05, 0.1) is 12.5 Å². The molecular formula is C15H23N3O2. The van der Waals surface area contributed by atoms with Crippen molar-refractivity contribution in [2.45, 2.75) is 31.2 Å². The highest BCUT2D eigenvalue weighted by atomic mass is 16.4. The minimum absolute atomic E-state index is 0.133. The molecule has 0 spiro atoms. The molecule has 0 heterocycles. The van der Waals surface area contributed by atoms with Gasteiger partial charge in [-0.05, 0) is 18.4 Å². The first-order valence-electron chi connectivity index (χ1n) is 7.13. The molecule has 0 bridgehead atoms. The van der Waals surface area contributed by atoms with Crippen molar-refractivity contribution in [2.75, 3.05) is 19.7 Å². The molecule has 0 amide bonds. The highest BCUT2D eigenvalue weighted by Crippen LogP contribution is 2.27. The van der Waals surface area contributed by atoms with Crippen LogP contribution >= 0.6 is 0 Å². The number of nitrogens with zero attached hydrogens (tertiary/aromatic N) is 2. The minimum Gasteiger partial charge on any atom is -0.409 e. The number of hydrogen-bond donors (Lipinski definition) is 3. The van der Waals surface area contributed by atoms with E-state index in [1.54, 1.807) is 0 Å². The van der Waals surface area contributed by atoms with E-state index in [1.807, 2.05) is 30.3 Å². The summed E-state index contributed by atoms with van der Waals surface area (Å²) in [5, 5.41) is 21.4. The van der Waals surface area contributed by atoms with Crippen LogP contribution in [0.4, 0.5) is 0 Å². The molecule has 5 nitrogen and oxygen atoms in total. The van der Waals surface area contributed by atoms with E-state index < -0.39 is 0 Å².